The third kappa shape index (κ3) is 4.56. The van der Waals surface area contributed by atoms with Crippen LogP contribution < -0.4 is 5.32 Å². The van der Waals surface area contributed by atoms with E-state index in [-0.39, 0.29) is 18.4 Å². The van der Waals surface area contributed by atoms with Gasteiger partial charge in [-0.15, -0.1) is 0 Å². The number of methoxy groups -OCH3 is 1. The number of amides is 2. The topological polar surface area (TPSA) is 88.1 Å². The zero-order chi connectivity index (χ0) is 19.9. The lowest BCUT2D eigenvalue weighted by Crippen LogP contribution is -2.63. The molecule has 2 aromatic rings. The molecule has 3 atom stereocenters. The third-order valence-electron chi connectivity index (χ3n) is 4.66. The molecule has 7 nitrogen and oxygen atoms in total. The molecule has 0 saturated carbocycles. The molecule has 0 bridgehead atoms. The Morgan fingerprint density at radius 3 is 2.39 bits per heavy atom. The summed E-state index contributed by atoms with van der Waals surface area (Å²) in [6, 6.07) is 17.2. The minimum atomic E-state index is -0.965. The minimum absolute atomic E-state index is 0.0875. The second kappa shape index (κ2) is 9.45. The Bertz CT molecular complexity index is 784. The summed E-state index contributed by atoms with van der Waals surface area (Å²) < 4.78 is 10.9. The molecule has 1 saturated heterocycles. The number of benzene rings is 2. The number of morpholine rings is 1. The quantitative estimate of drug-likeness (QED) is 0.781. The molecule has 0 radical (unpaired) electrons. The maximum atomic E-state index is 13.1. The number of hydrogen-bond donors (Lipinski definition) is 2. The SMILES string of the molecule is COC1CN(C(=O)c2ccccc2)C(C(=O)NCc2ccccc2)C(CO)O1. The summed E-state index contributed by atoms with van der Waals surface area (Å²) in [7, 11) is 1.46. The lowest BCUT2D eigenvalue weighted by atomic mass is 10.0. The number of rotatable bonds is 6. The molecule has 148 valence electrons. The predicted octanol–water partition coefficient (Wildman–Crippen LogP) is 1.18. The van der Waals surface area contributed by atoms with Crippen molar-refractivity contribution < 1.29 is 24.2 Å². The van der Waals surface area contributed by atoms with Crippen molar-refractivity contribution in [2.45, 2.75) is 25.0 Å². The van der Waals surface area contributed by atoms with E-state index in [1.54, 1.807) is 24.3 Å². The summed E-state index contributed by atoms with van der Waals surface area (Å²) in [4.78, 5) is 27.4. The molecule has 28 heavy (non-hydrogen) atoms. The van der Waals surface area contributed by atoms with Crippen LogP contribution in [0.1, 0.15) is 15.9 Å². The number of nitrogens with one attached hydrogen (secondary N) is 1. The molecule has 7 heteroatoms. The fourth-order valence-corrected chi connectivity index (χ4v) is 3.22. The van der Waals surface area contributed by atoms with Gasteiger partial charge in [-0.05, 0) is 17.7 Å². The molecule has 1 fully saturated rings. The molecule has 0 aliphatic carbocycles. The van der Waals surface area contributed by atoms with Crippen molar-refractivity contribution in [3.8, 4) is 0 Å². The number of aliphatic hydroxyl groups is 1. The Morgan fingerprint density at radius 2 is 1.79 bits per heavy atom. The van der Waals surface area contributed by atoms with Crippen LogP contribution in [0.2, 0.25) is 0 Å². The maximum absolute atomic E-state index is 13.1. The van der Waals surface area contributed by atoms with Gasteiger partial charge in [0.2, 0.25) is 5.91 Å². The first-order valence-electron chi connectivity index (χ1n) is 9.10. The van der Waals surface area contributed by atoms with Crippen LogP contribution in [0.4, 0.5) is 0 Å². The number of aliphatic hydroxyl groups excluding tert-OH is 1. The number of carbonyl (C=O) groups is 2. The Hall–Kier alpha value is -2.74. The monoisotopic (exact) mass is 384 g/mol. The van der Waals surface area contributed by atoms with Gasteiger partial charge in [0.1, 0.15) is 12.1 Å². The van der Waals surface area contributed by atoms with Crippen molar-refractivity contribution in [1.82, 2.24) is 10.2 Å². The van der Waals surface area contributed by atoms with Gasteiger partial charge >= 0.3 is 0 Å². The van der Waals surface area contributed by atoms with Gasteiger partial charge < -0.3 is 24.8 Å². The minimum Gasteiger partial charge on any atom is -0.394 e. The van der Waals surface area contributed by atoms with E-state index < -0.39 is 25.0 Å². The van der Waals surface area contributed by atoms with E-state index in [2.05, 4.69) is 5.32 Å². The summed E-state index contributed by atoms with van der Waals surface area (Å²) in [6.07, 6.45) is -1.61. The molecular weight excluding hydrogens is 360 g/mol. The first-order chi connectivity index (χ1) is 13.6. The molecule has 1 aliphatic rings. The summed E-state index contributed by atoms with van der Waals surface area (Å²) in [5.74, 6) is -0.703. The van der Waals surface area contributed by atoms with E-state index in [1.165, 1.54) is 12.0 Å². The molecule has 1 aliphatic heterocycles. The highest BCUT2D eigenvalue weighted by atomic mass is 16.7. The Kier molecular flexibility index (Phi) is 6.76. The van der Waals surface area contributed by atoms with Crippen molar-refractivity contribution in [3.05, 3.63) is 71.8 Å². The highest BCUT2D eigenvalue weighted by Crippen LogP contribution is 2.22. The maximum Gasteiger partial charge on any atom is 0.254 e. The van der Waals surface area contributed by atoms with Crippen LogP contribution in [0.15, 0.2) is 60.7 Å². The summed E-state index contributed by atoms with van der Waals surface area (Å²) >= 11 is 0. The predicted molar refractivity (Wildman–Crippen MR) is 102 cm³/mol. The number of nitrogens with zero attached hydrogens (tertiary/aromatic N) is 1. The standard InChI is InChI=1S/C21H24N2O5/c1-27-18-13-23(21(26)16-10-6-3-7-11-16)19(17(14-24)28-18)20(25)22-12-15-8-4-2-5-9-15/h2-11,17-19,24H,12-14H2,1H3,(H,22,25). The normalized spacial score (nSPS) is 21.9. The van der Waals surface area contributed by atoms with Crippen LogP contribution in [0.5, 0.6) is 0 Å². The first-order valence-corrected chi connectivity index (χ1v) is 9.10. The van der Waals surface area contributed by atoms with E-state index in [9.17, 15) is 14.7 Å². The fourth-order valence-electron chi connectivity index (χ4n) is 3.22. The Balaban J connectivity index is 1.82. The van der Waals surface area contributed by atoms with Crippen LogP contribution in [-0.2, 0) is 20.8 Å². The third-order valence-corrected chi connectivity index (χ3v) is 4.66. The molecule has 0 spiro atoms. The van der Waals surface area contributed by atoms with Crippen molar-refractivity contribution in [2.75, 3.05) is 20.3 Å². The zero-order valence-corrected chi connectivity index (χ0v) is 15.7. The largest absolute Gasteiger partial charge is 0.394 e. The van der Waals surface area contributed by atoms with Crippen LogP contribution >= 0.6 is 0 Å². The van der Waals surface area contributed by atoms with Crippen molar-refractivity contribution in [1.29, 1.82) is 0 Å². The summed E-state index contributed by atoms with van der Waals surface area (Å²) in [6.45, 7) is -0.0125. The molecule has 1 heterocycles. The van der Waals surface area contributed by atoms with E-state index in [0.29, 0.717) is 12.1 Å². The molecule has 2 aromatic carbocycles. The molecule has 2 N–H and O–H groups in total. The smallest absolute Gasteiger partial charge is 0.254 e. The second-order valence-electron chi connectivity index (χ2n) is 6.49. The van der Waals surface area contributed by atoms with Gasteiger partial charge in [-0.1, -0.05) is 48.5 Å². The summed E-state index contributed by atoms with van der Waals surface area (Å²) in [5, 5.41) is 12.6. The van der Waals surface area contributed by atoms with Crippen molar-refractivity contribution in [3.63, 3.8) is 0 Å². The molecule has 3 rings (SSSR count). The van der Waals surface area contributed by atoms with E-state index in [1.807, 2.05) is 36.4 Å². The number of hydrogen-bond acceptors (Lipinski definition) is 5. The molecular formula is C21H24N2O5. The van der Waals surface area contributed by atoms with Crippen molar-refractivity contribution in [2.24, 2.45) is 0 Å². The van der Waals surface area contributed by atoms with Gasteiger partial charge in [0, 0.05) is 19.2 Å². The van der Waals surface area contributed by atoms with Gasteiger partial charge in [0.25, 0.3) is 5.91 Å². The van der Waals surface area contributed by atoms with Gasteiger partial charge in [-0.25, -0.2) is 0 Å². The van der Waals surface area contributed by atoms with Crippen molar-refractivity contribution >= 4 is 11.8 Å². The van der Waals surface area contributed by atoms with Gasteiger partial charge in [0.15, 0.2) is 6.29 Å². The van der Waals surface area contributed by atoms with Gasteiger partial charge in [-0.3, -0.25) is 9.59 Å². The van der Waals surface area contributed by atoms with Gasteiger partial charge in [0.05, 0.1) is 13.2 Å². The molecule has 2 amide bonds. The zero-order valence-electron chi connectivity index (χ0n) is 15.7. The van der Waals surface area contributed by atoms with Crippen LogP contribution in [-0.4, -0.2) is 60.5 Å². The van der Waals surface area contributed by atoms with E-state index in [4.69, 9.17) is 9.47 Å². The average molecular weight is 384 g/mol. The Labute approximate surface area is 163 Å². The molecule has 3 unspecified atom stereocenters. The Morgan fingerprint density at radius 1 is 1.14 bits per heavy atom. The molecule has 0 aromatic heterocycles. The fraction of sp³-hybridized carbons (Fsp3) is 0.333. The van der Waals surface area contributed by atoms with Gasteiger partial charge in [-0.2, -0.15) is 0 Å². The van der Waals surface area contributed by atoms with Crippen LogP contribution in [0.3, 0.4) is 0 Å². The van der Waals surface area contributed by atoms with E-state index >= 15 is 0 Å². The van der Waals surface area contributed by atoms with E-state index in [0.717, 1.165) is 5.56 Å². The summed E-state index contributed by atoms with van der Waals surface area (Å²) in [5.41, 5.74) is 1.39. The number of carbonyl (C=O) groups excluding carboxylic acids is 2. The van der Waals surface area contributed by atoms with Crippen LogP contribution in [0, 0.1) is 0 Å². The number of ether oxygens (including phenoxy) is 2. The second-order valence-corrected chi connectivity index (χ2v) is 6.49. The first kappa shape index (κ1) is 20.0. The average Bonchev–Trinajstić information content (AvgIpc) is 2.77. The lowest BCUT2D eigenvalue weighted by Gasteiger charge is -2.42. The lowest BCUT2D eigenvalue weighted by molar-refractivity contribution is -0.216. The highest BCUT2D eigenvalue weighted by molar-refractivity contribution is 5.98. The van der Waals surface area contributed by atoms with Crippen LogP contribution in [0.25, 0.3) is 0 Å². The highest BCUT2D eigenvalue weighted by Gasteiger charge is 2.43.